The summed E-state index contributed by atoms with van der Waals surface area (Å²) in [6.45, 7) is 0. The molecule has 12 heteroatoms. The van der Waals surface area contributed by atoms with E-state index in [1.807, 2.05) is 0 Å². The molecule has 3 atom stereocenters. The summed E-state index contributed by atoms with van der Waals surface area (Å²) < 4.78 is 52.8. The summed E-state index contributed by atoms with van der Waals surface area (Å²) in [7, 11) is 0. The third kappa shape index (κ3) is 7.59. The van der Waals surface area contributed by atoms with Gasteiger partial charge < -0.3 is 14.6 Å². The Morgan fingerprint density at radius 1 is 1.33 bits per heavy atom. The fourth-order valence-electron chi connectivity index (χ4n) is 1.91. The SMILES string of the molecule is O=C1C=C(C2CC2(F)F)C(O)O1.O=CCC1CC1(F)F.[B]I(I)I. The van der Waals surface area contributed by atoms with Crippen molar-refractivity contribution in [3.8, 4) is 0 Å². The second-order valence-electron chi connectivity index (χ2n) is 5.23. The standard InChI is InChI=1S/C7H6F2O3.C5H6F2O.BI3/c8-7(9)2-4(7)3-1-5(10)12-6(3)11;6-5(7)3-4(5)1-2-8;1-4(2)3/h1,4,6,11H,2H2;2,4H,1,3H2;. The van der Waals surface area contributed by atoms with Crippen LogP contribution in [0.5, 0.6) is 0 Å². The molecule has 0 aromatic carbocycles. The van der Waals surface area contributed by atoms with Crippen molar-refractivity contribution in [3.05, 3.63) is 11.6 Å². The Hall–Kier alpha value is 0.815. The Morgan fingerprint density at radius 2 is 1.79 bits per heavy atom. The van der Waals surface area contributed by atoms with Crippen LogP contribution in [0.1, 0.15) is 19.3 Å². The second-order valence-corrected chi connectivity index (χ2v) is 28.7. The van der Waals surface area contributed by atoms with Crippen LogP contribution in [0.15, 0.2) is 11.6 Å². The summed E-state index contributed by atoms with van der Waals surface area (Å²) in [5.41, 5.74) is 5.25. The van der Waals surface area contributed by atoms with E-state index in [0.29, 0.717) is 6.29 Å². The van der Waals surface area contributed by atoms with Gasteiger partial charge in [-0.2, -0.15) is 0 Å². The van der Waals surface area contributed by atoms with Crippen LogP contribution in [0.4, 0.5) is 17.6 Å². The van der Waals surface area contributed by atoms with Gasteiger partial charge in [0, 0.05) is 36.8 Å². The Balaban J connectivity index is 0.000000208. The second kappa shape index (κ2) is 9.15. The number of carbonyl (C=O) groups is 2. The first kappa shape index (κ1) is 22.9. The molecule has 2 radical (unpaired) electrons. The first-order valence-electron chi connectivity index (χ1n) is 6.47. The first-order valence-corrected chi connectivity index (χ1v) is 20.3. The number of aliphatic hydroxyl groups excluding tert-OH is 1. The van der Waals surface area contributed by atoms with Gasteiger partial charge in [-0.15, -0.1) is 0 Å². The van der Waals surface area contributed by atoms with E-state index in [1.165, 1.54) is 0 Å². The Bertz CT molecular complexity index is 516. The van der Waals surface area contributed by atoms with Crippen molar-refractivity contribution < 1.29 is 37.0 Å². The van der Waals surface area contributed by atoms with E-state index in [9.17, 15) is 27.2 Å². The molecule has 4 nitrogen and oxygen atoms in total. The number of hydrogen-bond acceptors (Lipinski definition) is 4. The van der Waals surface area contributed by atoms with Gasteiger partial charge in [0.05, 0.1) is 5.92 Å². The van der Waals surface area contributed by atoms with Gasteiger partial charge in [0.2, 0.25) is 6.29 Å². The molecular formula is C12H12BF4I3O4. The number of hydrogen-bond donors (Lipinski definition) is 1. The predicted octanol–water partition coefficient (Wildman–Crippen LogP) is 3.95. The van der Waals surface area contributed by atoms with Gasteiger partial charge >= 0.3 is 60.6 Å². The zero-order valence-corrected chi connectivity index (χ0v) is 18.4. The number of aliphatic hydroxyl groups is 1. The van der Waals surface area contributed by atoms with Crippen molar-refractivity contribution in [2.45, 2.75) is 37.4 Å². The quantitative estimate of drug-likeness (QED) is 0.161. The summed E-state index contributed by atoms with van der Waals surface area (Å²) in [5, 5.41) is 8.96. The average Bonchev–Trinajstić information content (AvgIpc) is 3.16. The molecule has 1 N–H and O–H groups in total. The van der Waals surface area contributed by atoms with Crippen LogP contribution in [0.3, 0.4) is 0 Å². The van der Waals surface area contributed by atoms with E-state index < -0.39 is 47.6 Å². The average molecular weight is 688 g/mol. The topological polar surface area (TPSA) is 63.6 Å². The molecule has 2 saturated carbocycles. The molecule has 0 saturated heterocycles. The Kier molecular flexibility index (Phi) is 8.71. The minimum atomic E-state index is -2.76. The molecule has 3 rings (SSSR count). The molecule has 0 aromatic heterocycles. The Labute approximate surface area is 163 Å². The van der Waals surface area contributed by atoms with Gasteiger partial charge in [-0.1, -0.05) is 0 Å². The molecule has 3 unspecified atom stereocenters. The van der Waals surface area contributed by atoms with Crippen molar-refractivity contribution in [1.29, 1.82) is 0 Å². The summed E-state index contributed by atoms with van der Waals surface area (Å²) in [6.07, 6.45) is -0.344. The van der Waals surface area contributed by atoms with Gasteiger partial charge in [0.15, 0.2) is 0 Å². The maximum atomic E-state index is 12.4. The van der Waals surface area contributed by atoms with Crippen molar-refractivity contribution >= 4 is 66.8 Å². The number of esters is 1. The van der Waals surface area contributed by atoms with Gasteiger partial charge in [-0.3, -0.25) is 0 Å². The third-order valence-electron chi connectivity index (χ3n) is 3.36. The maximum absolute atomic E-state index is 12.4. The van der Waals surface area contributed by atoms with Crippen LogP contribution in [0.2, 0.25) is 0 Å². The number of rotatable bonds is 3. The van der Waals surface area contributed by atoms with Crippen LogP contribution in [-0.2, 0) is 14.3 Å². The molecule has 3 aliphatic rings. The van der Waals surface area contributed by atoms with E-state index in [1.54, 1.807) is 0 Å². The van der Waals surface area contributed by atoms with Gasteiger partial charge in [-0.05, 0) is 0 Å². The first-order chi connectivity index (χ1) is 10.9. The fourth-order valence-corrected chi connectivity index (χ4v) is 1.91. The van der Waals surface area contributed by atoms with Crippen molar-refractivity contribution in [3.63, 3.8) is 0 Å². The molecule has 1 heterocycles. The zero-order chi connectivity index (χ0) is 18.7. The van der Waals surface area contributed by atoms with E-state index in [2.05, 4.69) is 42.0 Å². The molecule has 0 aromatic rings. The molecule has 2 aliphatic carbocycles. The fraction of sp³-hybridized carbons (Fsp3) is 0.667. The van der Waals surface area contributed by atoms with E-state index >= 15 is 0 Å². The van der Waals surface area contributed by atoms with Crippen LogP contribution in [-0.4, -0.2) is 41.2 Å². The van der Waals surface area contributed by atoms with Crippen LogP contribution in [0.25, 0.3) is 0 Å². The summed E-state index contributed by atoms with van der Waals surface area (Å²) in [5.74, 6) is -7.67. The Morgan fingerprint density at radius 3 is 2.00 bits per heavy atom. The number of halogens is 7. The number of aldehydes is 1. The third-order valence-corrected chi connectivity index (χ3v) is 3.36. The number of ether oxygens (including phenoxy) is 1. The summed E-state index contributed by atoms with van der Waals surface area (Å²) in [4.78, 5) is 20.1. The monoisotopic (exact) mass is 688 g/mol. The zero-order valence-electron chi connectivity index (χ0n) is 11.9. The predicted molar refractivity (Wildman–Crippen MR) is 105 cm³/mol. The molecule has 136 valence electrons. The van der Waals surface area contributed by atoms with Crippen molar-refractivity contribution in [1.82, 2.24) is 0 Å². The van der Waals surface area contributed by atoms with E-state index in [-0.39, 0.29) is 24.8 Å². The minimum absolute atomic E-state index is 0.00463. The van der Waals surface area contributed by atoms with E-state index in [0.717, 1.165) is 6.08 Å². The van der Waals surface area contributed by atoms with Crippen molar-refractivity contribution in [2.24, 2.45) is 11.8 Å². The van der Waals surface area contributed by atoms with Crippen molar-refractivity contribution in [2.75, 3.05) is 0 Å². The van der Waals surface area contributed by atoms with Gasteiger partial charge in [-0.25, -0.2) is 22.4 Å². The number of cyclic esters (lactones) is 1. The molecule has 0 bridgehead atoms. The summed E-state index contributed by atoms with van der Waals surface area (Å²) >= 11 is 3.71. The molecule has 0 amide bonds. The summed E-state index contributed by atoms with van der Waals surface area (Å²) in [6, 6.07) is 0. The van der Waals surface area contributed by atoms with Crippen LogP contribution >= 0.6 is 48.9 Å². The molecular weight excluding hydrogens is 676 g/mol. The molecule has 0 spiro atoms. The molecule has 1 aliphatic heterocycles. The van der Waals surface area contributed by atoms with Crippen LogP contribution in [0, 0.1) is 11.8 Å². The van der Waals surface area contributed by atoms with E-state index in [4.69, 9.17) is 10.8 Å². The molecule has 2 fully saturated rings. The molecule has 24 heavy (non-hydrogen) atoms. The van der Waals surface area contributed by atoms with Crippen LogP contribution < -0.4 is 0 Å². The normalized spacial score (nSPS) is 31.3. The van der Waals surface area contributed by atoms with Gasteiger partial charge in [0.1, 0.15) is 6.29 Å². The number of alkyl halides is 4. The number of carbonyl (C=O) groups excluding carboxylic acids is 2. The van der Waals surface area contributed by atoms with Gasteiger partial charge in [0.25, 0.3) is 11.8 Å².